The topological polar surface area (TPSA) is 39.1 Å². The summed E-state index contributed by atoms with van der Waals surface area (Å²) in [6.07, 6.45) is 0. The van der Waals surface area contributed by atoms with E-state index in [0.29, 0.717) is 12.1 Å². The smallest absolute Gasteiger partial charge is 0.170 e. The molecule has 2 rings (SSSR count). The first-order chi connectivity index (χ1) is 8.61. The van der Waals surface area contributed by atoms with Gasteiger partial charge in [-0.05, 0) is 13.0 Å². The van der Waals surface area contributed by atoms with E-state index >= 15 is 0 Å². The van der Waals surface area contributed by atoms with Crippen molar-refractivity contribution in [2.75, 3.05) is 12.4 Å². The van der Waals surface area contributed by atoms with Gasteiger partial charge in [-0.1, -0.05) is 12.1 Å². The van der Waals surface area contributed by atoms with Crippen molar-refractivity contribution < 1.29 is 9.13 Å². The second-order valence-electron chi connectivity index (χ2n) is 4.08. The summed E-state index contributed by atoms with van der Waals surface area (Å²) in [5.74, 6) is 0.656. The zero-order valence-electron chi connectivity index (χ0n) is 10.7. The van der Waals surface area contributed by atoms with Gasteiger partial charge in [0.2, 0.25) is 0 Å². The van der Waals surface area contributed by atoms with Gasteiger partial charge in [0.15, 0.2) is 11.6 Å². The number of aromatic nitrogens is 2. The Morgan fingerprint density at radius 1 is 1.44 bits per heavy atom. The van der Waals surface area contributed by atoms with Crippen molar-refractivity contribution in [1.29, 1.82) is 0 Å². The number of halogens is 1. The monoisotopic (exact) mass is 249 g/mol. The summed E-state index contributed by atoms with van der Waals surface area (Å²) < 4.78 is 20.6. The highest BCUT2D eigenvalue weighted by molar-refractivity contribution is 5.38. The van der Waals surface area contributed by atoms with E-state index in [-0.39, 0.29) is 11.6 Å². The minimum atomic E-state index is -0.333. The average molecular weight is 249 g/mol. The lowest BCUT2D eigenvalue weighted by Crippen LogP contribution is -2.04. The number of aryl methyl sites for hydroxylation is 2. The summed E-state index contributed by atoms with van der Waals surface area (Å²) in [6, 6.07) is 7.01. The molecule has 0 bridgehead atoms. The lowest BCUT2D eigenvalue weighted by atomic mass is 10.2. The first-order valence-corrected chi connectivity index (χ1v) is 5.67. The van der Waals surface area contributed by atoms with E-state index in [1.54, 1.807) is 22.9 Å². The standard InChI is InChI=1S/C13H16FN3O/c1-9-7-12(16-17(9)2)15-8-10-5-4-6-11(18-3)13(10)14/h4-7H,8H2,1-3H3,(H,15,16). The number of methoxy groups -OCH3 is 1. The van der Waals surface area contributed by atoms with Crippen LogP contribution in [-0.4, -0.2) is 16.9 Å². The van der Waals surface area contributed by atoms with Crippen LogP contribution in [0.5, 0.6) is 5.75 Å². The molecule has 0 atom stereocenters. The summed E-state index contributed by atoms with van der Waals surface area (Å²) >= 11 is 0. The van der Waals surface area contributed by atoms with Crippen LogP contribution in [0.15, 0.2) is 24.3 Å². The first kappa shape index (κ1) is 12.4. The van der Waals surface area contributed by atoms with E-state index < -0.39 is 0 Å². The summed E-state index contributed by atoms with van der Waals surface area (Å²) in [6.45, 7) is 2.34. The van der Waals surface area contributed by atoms with Crippen LogP contribution >= 0.6 is 0 Å². The lowest BCUT2D eigenvalue weighted by molar-refractivity contribution is 0.384. The van der Waals surface area contributed by atoms with E-state index in [1.807, 2.05) is 20.0 Å². The maximum absolute atomic E-state index is 13.9. The predicted molar refractivity (Wildman–Crippen MR) is 68.2 cm³/mol. The molecule has 1 aromatic heterocycles. The number of hydrogen-bond donors (Lipinski definition) is 1. The Hall–Kier alpha value is -2.04. The molecule has 0 aliphatic heterocycles. The highest BCUT2D eigenvalue weighted by atomic mass is 19.1. The van der Waals surface area contributed by atoms with Crippen molar-refractivity contribution in [3.05, 3.63) is 41.3 Å². The fourth-order valence-electron chi connectivity index (χ4n) is 1.68. The third-order valence-corrected chi connectivity index (χ3v) is 2.84. The van der Waals surface area contributed by atoms with Crippen LogP contribution in [0.1, 0.15) is 11.3 Å². The third-order valence-electron chi connectivity index (χ3n) is 2.84. The van der Waals surface area contributed by atoms with E-state index in [2.05, 4.69) is 10.4 Å². The summed E-state index contributed by atoms with van der Waals surface area (Å²) in [5, 5.41) is 7.34. The van der Waals surface area contributed by atoms with Crippen LogP contribution in [0, 0.1) is 12.7 Å². The number of ether oxygens (including phenoxy) is 1. The molecule has 0 fully saturated rings. The molecule has 0 amide bonds. The molecule has 0 saturated heterocycles. The fraction of sp³-hybridized carbons (Fsp3) is 0.308. The molecule has 1 N–H and O–H groups in total. The van der Waals surface area contributed by atoms with E-state index in [0.717, 1.165) is 11.5 Å². The van der Waals surface area contributed by atoms with Crippen molar-refractivity contribution in [2.24, 2.45) is 7.05 Å². The van der Waals surface area contributed by atoms with Crippen molar-refractivity contribution in [2.45, 2.75) is 13.5 Å². The highest BCUT2D eigenvalue weighted by Crippen LogP contribution is 2.20. The molecule has 0 spiro atoms. The van der Waals surface area contributed by atoms with E-state index in [4.69, 9.17) is 4.74 Å². The van der Waals surface area contributed by atoms with Gasteiger partial charge in [-0.25, -0.2) is 4.39 Å². The van der Waals surface area contributed by atoms with E-state index in [1.165, 1.54) is 7.11 Å². The lowest BCUT2D eigenvalue weighted by Gasteiger charge is -2.07. The second kappa shape index (κ2) is 5.08. The maximum atomic E-state index is 13.9. The average Bonchev–Trinajstić information content (AvgIpc) is 2.67. The first-order valence-electron chi connectivity index (χ1n) is 5.67. The van der Waals surface area contributed by atoms with Crippen LogP contribution in [0.4, 0.5) is 10.2 Å². The van der Waals surface area contributed by atoms with Gasteiger partial charge in [-0.3, -0.25) is 4.68 Å². The number of anilines is 1. The van der Waals surface area contributed by atoms with Crippen molar-refractivity contribution in [1.82, 2.24) is 9.78 Å². The van der Waals surface area contributed by atoms with Crippen molar-refractivity contribution >= 4 is 5.82 Å². The normalized spacial score (nSPS) is 10.4. The molecular formula is C13H16FN3O. The van der Waals surface area contributed by atoms with Crippen molar-refractivity contribution in [3.8, 4) is 5.75 Å². The van der Waals surface area contributed by atoms with Crippen LogP contribution in [0.3, 0.4) is 0 Å². The number of hydrogen-bond acceptors (Lipinski definition) is 3. The Bertz CT molecular complexity index is 532. The van der Waals surface area contributed by atoms with Crippen LogP contribution < -0.4 is 10.1 Å². The molecule has 1 heterocycles. The van der Waals surface area contributed by atoms with Gasteiger partial charge in [0.05, 0.1) is 7.11 Å². The summed E-state index contributed by atoms with van der Waals surface area (Å²) in [7, 11) is 3.32. The van der Waals surface area contributed by atoms with Crippen LogP contribution in [0.2, 0.25) is 0 Å². The SMILES string of the molecule is COc1cccc(CNc2cc(C)n(C)n2)c1F. The Morgan fingerprint density at radius 2 is 2.22 bits per heavy atom. The maximum Gasteiger partial charge on any atom is 0.170 e. The zero-order valence-corrected chi connectivity index (χ0v) is 10.7. The quantitative estimate of drug-likeness (QED) is 0.904. The molecule has 0 aliphatic carbocycles. The molecule has 2 aromatic rings. The largest absolute Gasteiger partial charge is 0.494 e. The minimum Gasteiger partial charge on any atom is -0.494 e. The van der Waals surface area contributed by atoms with Gasteiger partial charge in [-0.15, -0.1) is 0 Å². The van der Waals surface area contributed by atoms with Gasteiger partial charge >= 0.3 is 0 Å². The Labute approximate surface area is 105 Å². The number of rotatable bonds is 4. The van der Waals surface area contributed by atoms with Crippen LogP contribution in [0.25, 0.3) is 0 Å². The molecular weight excluding hydrogens is 233 g/mol. The predicted octanol–water partition coefficient (Wildman–Crippen LogP) is 2.49. The molecule has 0 saturated carbocycles. The number of benzene rings is 1. The Kier molecular flexibility index (Phi) is 3.50. The van der Waals surface area contributed by atoms with Gasteiger partial charge in [-0.2, -0.15) is 5.10 Å². The molecule has 96 valence electrons. The molecule has 0 radical (unpaired) electrons. The number of nitrogens with zero attached hydrogens (tertiary/aromatic N) is 2. The molecule has 1 aromatic carbocycles. The van der Waals surface area contributed by atoms with Crippen LogP contribution in [-0.2, 0) is 13.6 Å². The highest BCUT2D eigenvalue weighted by Gasteiger charge is 2.08. The zero-order chi connectivity index (χ0) is 13.1. The fourth-order valence-corrected chi connectivity index (χ4v) is 1.68. The molecule has 0 unspecified atom stereocenters. The summed E-state index contributed by atoms with van der Waals surface area (Å²) in [5.41, 5.74) is 1.60. The van der Waals surface area contributed by atoms with Gasteiger partial charge in [0.25, 0.3) is 0 Å². The third kappa shape index (κ3) is 2.45. The molecule has 5 heteroatoms. The second-order valence-corrected chi connectivity index (χ2v) is 4.08. The number of nitrogens with one attached hydrogen (secondary N) is 1. The Morgan fingerprint density at radius 3 is 2.83 bits per heavy atom. The molecule has 4 nitrogen and oxygen atoms in total. The Balaban J connectivity index is 2.10. The van der Waals surface area contributed by atoms with Gasteiger partial charge in [0, 0.05) is 30.9 Å². The van der Waals surface area contributed by atoms with Gasteiger partial charge < -0.3 is 10.1 Å². The molecule has 0 aliphatic rings. The minimum absolute atomic E-state index is 0.256. The van der Waals surface area contributed by atoms with Gasteiger partial charge in [0.1, 0.15) is 5.82 Å². The molecule has 18 heavy (non-hydrogen) atoms. The van der Waals surface area contributed by atoms with Crippen molar-refractivity contribution in [3.63, 3.8) is 0 Å². The summed E-state index contributed by atoms with van der Waals surface area (Å²) in [4.78, 5) is 0. The van der Waals surface area contributed by atoms with E-state index in [9.17, 15) is 4.39 Å².